The van der Waals surface area contributed by atoms with Gasteiger partial charge >= 0.3 is 0 Å². The first-order valence-electron chi connectivity index (χ1n) is 3.87. The standard InChI is InChI=1S/C8H13NO2/c1-6-3-8(5-10)9(4-6)7(2)11/h5-6,8H,3-4H2,1-2H3. The third-order valence-electron chi connectivity index (χ3n) is 2.11. The average Bonchev–Trinajstić information content (AvgIpc) is 2.30. The van der Waals surface area contributed by atoms with Crippen LogP contribution in [0.3, 0.4) is 0 Å². The van der Waals surface area contributed by atoms with Crippen LogP contribution in [-0.4, -0.2) is 29.7 Å². The van der Waals surface area contributed by atoms with Gasteiger partial charge in [-0.15, -0.1) is 0 Å². The Morgan fingerprint density at radius 3 is 2.64 bits per heavy atom. The fraction of sp³-hybridized carbons (Fsp3) is 0.750. The Kier molecular flexibility index (Phi) is 2.27. The van der Waals surface area contributed by atoms with E-state index in [-0.39, 0.29) is 11.9 Å². The molecule has 0 aliphatic carbocycles. The number of rotatable bonds is 1. The number of hydrogen-bond donors (Lipinski definition) is 0. The SMILES string of the molecule is CC(=O)N1CC(C)CC1C=O. The Labute approximate surface area is 66.4 Å². The van der Waals surface area contributed by atoms with Crippen molar-refractivity contribution in [3.63, 3.8) is 0 Å². The fourth-order valence-corrected chi connectivity index (χ4v) is 1.58. The molecule has 0 bridgehead atoms. The monoisotopic (exact) mass is 155 g/mol. The molecular weight excluding hydrogens is 142 g/mol. The van der Waals surface area contributed by atoms with E-state index in [9.17, 15) is 9.59 Å². The summed E-state index contributed by atoms with van der Waals surface area (Å²) in [5.74, 6) is 0.473. The van der Waals surface area contributed by atoms with Gasteiger partial charge in [0.05, 0.1) is 6.04 Å². The van der Waals surface area contributed by atoms with E-state index < -0.39 is 0 Å². The summed E-state index contributed by atoms with van der Waals surface area (Å²) >= 11 is 0. The molecule has 0 aromatic heterocycles. The van der Waals surface area contributed by atoms with E-state index in [0.29, 0.717) is 5.92 Å². The zero-order chi connectivity index (χ0) is 8.43. The van der Waals surface area contributed by atoms with Gasteiger partial charge in [0.15, 0.2) is 0 Å². The number of aldehydes is 1. The molecular formula is C8H13NO2. The van der Waals surface area contributed by atoms with E-state index in [2.05, 4.69) is 6.92 Å². The van der Waals surface area contributed by atoms with Gasteiger partial charge < -0.3 is 9.69 Å². The van der Waals surface area contributed by atoms with Gasteiger partial charge in [-0.3, -0.25) is 4.79 Å². The zero-order valence-corrected chi connectivity index (χ0v) is 6.91. The van der Waals surface area contributed by atoms with Crippen molar-refractivity contribution in [2.75, 3.05) is 6.54 Å². The first-order valence-corrected chi connectivity index (χ1v) is 3.87. The van der Waals surface area contributed by atoms with Crippen LogP contribution in [0.15, 0.2) is 0 Å². The smallest absolute Gasteiger partial charge is 0.220 e. The molecule has 0 N–H and O–H groups in total. The number of carbonyl (C=O) groups is 2. The maximum atomic E-state index is 10.9. The summed E-state index contributed by atoms with van der Waals surface area (Å²) in [6.45, 7) is 4.30. The third-order valence-corrected chi connectivity index (χ3v) is 2.11. The van der Waals surface area contributed by atoms with Crippen LogP contribution in [0.4, 0.5) is 0 Å². The summed E-state index contributed by atoms with van der Waals surface area (Å²) < 4.78 is 0. The predicted molar refractivity (Wildman–Crippen MR) is 41.0 cm³/mol. The highest BCUT2D eigenvalue weighted by molar-refractivity contribution is 5.78. The summed E-state index contributed by atoms with van der Waals surface area (Å²) in [4.78, 5) is 23.0. The molecule has 3 heteroatoms. The minimum Gasteiger partial charge on any atom is -0.333 e. The van der Waals surface area contributed by atoms with E-state index >= 15 is 0 Å². The largest absolute Gasteiger partial charge is 0.333 e. The molecule has 2 atom stereocenters. The van der Waals surface area contributed by atoms with Crippen LogP contribution in [0.2, 0.25) is 0 Å². The Morgan fingerprint density at radius 1 is 1.64 bits per heavy atom. The lowest BCUT2D eigenvalue weighted by Crippen LogP contribution is -2.34. The molecule has 11 heavy (non-hydrogen) atoms. The van der Waals surface area contributed by atoms with Gasteiger partial charge in [0.2, 0.25) is 5.91 Å². The Hall–Kier alpha value is -0.860. The van der Waals surface area contributed by atoms with Crippen molar-refractivity contribution >= 4 is 12.2 Å². The van der Waals surface area contributed by atoms with E-state index in [4.69, 9.17) is 0 Å². The molecule has 1 rings (SSSR count). The molecule has 0 radical (unpaired) electrons. The molecule has 0 aromatic rings. The molecule has 62 valence electrons. The van der Waals surface area contributed by atoms with Gasteiger partial charge in [0, 0.05) is 13.5 Å². The van der Waals surface area contributed by atoms with Crippen molar-refractivity contribution in [3.05, 3.63) is 0 Å². The van der Waals surface area contributed by atoms with Crippen molar-refractivity contribution in [2.45, 2.75) is 26.3 Å². The Morgan fingerprint density at radius 2 is 2.27 bits per heavy atom. The number of carbonyl (C=O) groups excluding carboxylic acids is 2. The van der Waals surface area contributed by atoms with Crippen LogP contribution in [-0.2, 0) is 9.59 Å². The summed E-state index contributed by atoms with van der Waals surface area (Å²) in [5, 5.41) is 0. The van der Waals surface area contributed by atoms with E-state index in [0.717, 1.165) is 19.3 Å². The maximum Gasteiger partial charge on any atom is 0.220 e. The molecule has 1 aliphatic rings. The molecule has 1 heterocycles. The summed E-state index contributed by atoms with van der Waals surface area (Å²) in [5.41, 5.74) is 0. The van der Waals surface area contributed by atoms with Crippen LogP contribution < -0.4 is 0 Å². The lowest BCUT2D eigenvalue weighted by Gasteiger charge is -2.17. The molecule has 1 amide bonds. The maximum absolute atomic E-state index is 10.9. The molecule has 1 fully saturated rings. The van der Waals surface area contributed by atoms with Crippen LogP contribution in [0.5, 0.6) is 0 Å². The van der Waals surface area contributed by atoms with Crippen LogP contribution in [0, 0.1) is 5.92 Å². The quantitative estimate of drug-likeness (QED) is 0.515. The van der Waals surface area contributed by atoms with Crippen molar-refractivity contribution in [3.8, 4) is 0 Å². The zero-order valence-electron chi connectivity index (χ0n) is 6.91. The number of hydrogen-bond acceptors (Lipinski definition) is 2. The Balaban J connectivity index is 2.64. The predicted octanol–water partition coefficient (Wildman–Crippen LogP) is 0.442. The lowest BCUT2D eigenvalue weighted by atomic mass is 10.1. The second-order valence-corrected chi connectivity index (χ2v) is 3.22. The van der Waals surface area contributed by atoms with E-state index in [1.807, 2.05) is 0 Å². The van der Waals surface area contributed by atoms with Gasteiger partial charge in [0.1, 0.15) is 6.29 Å². The first-order chi connectivity index (χ1) is 5.15. The van der Waals surface area contributed by atoms with E-state index in [1.54, 1.807) is 4.90 Å². The number of amides is 1. The fourth-order valence-electron chi connectivity index (χ4n) is 1.58. The van der Waals surface area contributed by atoms with Crippen molar-refractivity contribution in [1.82, 2.24) is 4.90 Å². The molecule has 1 saturated heterocycles. The molecule has 0 aromatic carbocycles. The molecule has 3 nitrogen and oxygen atoms in total. The minimum atomic E-state index is -0.164. The van der Waals surface area contributed by atoms with Crippen molar-refractivity contribution < 1.29 is 9.59 Å². The van der Waals surface area contributed by atoms with Gasteiger partial charge in [-0.1, -0.05) is 6.92 Å². The van der Waals surface area contributed by atoms with Crippen LogP contribution in [0.25, 0.3) is 0 Å². The number of likely N-dealkylation sites (tertiary alicyclic amines) is 1. The van der Waals surface area contributed by atoms with E-state index in [1.165, 1.54) is 6.92 Å². The first kappa shape index (κ1) is 8.24. The van der Waals surface area contributed by atoms with Crippen LogP contribution >= 0.6 is 0 Å². The Bertz CT molecular complexity index is 179. The van der Waals surface area contributed by atoms with Crippen molar-refractivity contribution in [2.24, 2.45) is 5.92 Å². The lowest BCUT2D eigenvalue weighted by molar-refractivity contribution is -0.132. The molecule has 1 aliphatic heterocycles. The highest BCUT2D eigenvalue weighted by atomic mass is 16.2. The minimum absolute atomic E-state index is 0.00597. The van der Waals surface area contributed by atoms with Gasteiger partial charge in [-0.05, 0) is 12.3 Å². The van der Waals surface area contributed by atoms with Gasteiger partial charge in [-0.25, -0.2) is 0 Å². The summed E-state index contributed by atoms with van der Waals surface area (Å²) in [7, 11) is 0. The highest BCUT2D eigenvalue weighted by Crippen LogP contribution is 2.20. The van der Waals surface area contributed by atoms with Crippen LogP contribution in [0.1, 0.15) is 20.3 Å². The molecule has 2 unspecified atom stereocenters. The highest BCUT2D eigenvalue weighted by Gasteiger charge is 2.30. The van der Waals surface area contributed by atoms with Gasteiger partial charge in [-0.2, -0.15) is 0 Å². The third kappa shape index (κ3) is 1.59. The second kappa shape index (κ2) is 3.03. The molecule has 0 saturated carbocycles. The normalized spacial score (nSPS) is 30.5. The second-order valence-electron chi connectivity index (χ2n) is 3.22. The van der Waals surface area contributed by atoms with Crippen molar-refractivity contribution in [1.29, 1.82) is 0 Å². The number of nitrogens with zero attached hydrogens (tertiary/aromatic N) is 1. The average molecular weight is 155 g/mol. The van der Waals surface area contributed by atoms with Gasteiger partial charge in [0.25, 0.3) is 0 Å². The summed E-state index contributed by atoms with van der Waals surface area (Å²) in [6, 6.07) is -0.164. The topological polar surface area (TPSA) is 37.4 Å². The molecule has 0 spiro atoms. The summed E-state index contributed by atoms with van der Waals surface area (Å²) in [6.07, 6.45) is 1.69.